The third-order valence-corrected chi connectivity index (χ3v) is 4.22. The monoisotopic (exact) mass is 382 g/mol. The number of benzene rings is 1. The Labute approximate surface area is 164 Å². The summed E-state index contributed by atoms with van der Waals surface area (Å²) < 4.78 is 7.04. The second kappa shape index (κ2) is 9.80. The third kappa shape index (κ3) is 5.26. The molecule has 0 bridgehead atoms. The molecule has 0 spiro atoms. The number of carbonyl (C=O) groups excluding carboxylic acids is 1. The molecule has 0 radical (unpaired) electrons. The first-order chi connectivity index (χ1) is 13.7. The summed E-state index contributed by atoms with van der Waals surface area (Å²) in [6.45, 7) is 6.65. The van der Waals surface area contributed by atoms with Gasteiger partial charge in [0.05, 0.1) is 0 Å². The number of rotatable bonds is 10. The Balaban J connectivity index is 1.55. The maximum atomic E-state index is 12.2. The number of aryl methyl sites for hydroxylation is 1. The van der Waals surface area contributed by atoms with Crippen molar-refractivity contribution in [3.05, 3.63) is 53.3 Å². The van der Waals surface area contributed by atoms with E-state index in [2.05, 4.69) is 25.9 Å². The van der Waals surface area contributed by atoms with Crippen LogP contribution >= 0.6 is 0 Å². The van der Waals surface area contributed by atoms with Crippen LogP contribution in [-0.2, 0) is 11.2 Å². The lowest BCUT2D eigenvalue weighted by Gasteiger charge is -2.07. The number of hydrogen-bond acceptors (Lipinski definition) is 6. The first-order valence-electron chi connectivity index (χ1n) is 9.55. The number of fused-ring (bicyclic) bond motifs is 1. The number of carbonyl (C=O) groups is 1. The lowest BCUT2D eigenvalue weighted by molar-refractivity contribution is 0.0954. The molecule has 0 unspecified atom stereocenters. The molecule has 28 heavy (non-hydrogen) atoms. The molecule has 2 N–H and O–H groups in total. The molecule has 2 heterocycles. The molecule has 0 aliphatic carbocycles. The predicted molar refractivity (Wildman–Crippen MR) is 108 cm³/mol. The fraction of sp³-hybridized carbons (Fsp3) is 0.400. The number of anilines is 1. The number of ether oxygens (including phenoxy) is 1. The smallest absolute Gasteiger partial charge is 0.251 e. The fourth-order valence-corrected chi connectivity index (χ4v) is 2.79. The molecule has 0 aliphatic heterocycles. The molecule has 0 fully saturated rings. The van der Waals surface area contributed by atoms with Crippen LogP contribution in [-0.4, -0.2) is 52.0 Å². The predicted octanol–water partition coefficient (Wildman–Crippen LogP) is 2.24. The molecule has 0 saturated heterocycles. The Morgan fingerprint density at radius 2 is 2.07 bits per heavy atom. The lowest BCUT2D eigenvalue weighted by atomic mass is 10.1. The summed E-state index contributed by atoms with van der Waals surface area (Å²) in [4.78, 5) is 12.2. The number of aromatic nitrogens is 4. The molecule has 148 valence electrons. The molecular weight excluding hydrogens is 356 g/mol. The number of amides is 1. The zero-order valence-electron chi connectivity index (χ0n) is 16.3. The molecule has 0 saturated carbocycles. The topological polar surface area (TPSA) is 93.4 Å². The summed E-state index contributed by atoms with van der Waals surface area (Å²) in [5.74, 6) is 1.37. The SMILES string of the molecule is CCOCCCNc1ccc2nnc(CCNC(=O)c3cccc(C)c3)n2n1. The van der Waals surface area contributed by atoms with Gasteiger partial charge in [0.2, 0.25) is 0 Å². The fourth-order valence-electron chi connectivity index (χ4n) is 2.79. The van der Waals surface area contributed by atoms with Crippen molar-refractivity contribution in [1.29, 1.82) is 0 Å². The molecule has 1 amide bonds. The van der Waals surface area contributed by atoms with E-state index >= 15 is 0 Å². The van der Waals surface area contributed by atoms with Crippen LogP contribution in [0.15, 0.2) is 36.4 Å². The van der Waals surface area contributed by atoms with E-state index in [1.165, 1.54) is 0 Å². The summed E-state index contributed by atoms with van der Waals surface area (Å²) in [5, 5.41) is 19.1. The van der Waals surface area contributed by atoms with E-state index < -0.39 is 0 Å². The quantitative estimate of drug-likeness (QED) is 0.523. The molecule has 3 rings (SSSR count). The summed E-state index contributed by atoms with van der Waals surface area (Å²) in [7, 11) is 0. The van der Waals surface area contributed by atoms with Gasteiger partial charge in [-0.15, -0.1) is 15.3 Å². The van der Waals surface area contributed by atoms with Crippen LogP contribution in [0.1, 0.15) is 35.1 Å². The van der Waals surface area contributed by atoms with Crippen LogP contribution in [0.4, 0.5) is 5.82 Å². The van der Waals surface area contributed by atoms with E-state index in [1.807, 2.05) is 44.2 Å². The highest BCUT2D eigenvalue weighted by Gasteiger charge is 2.09. The highest BCUT2D eigenvalue weighted by atomic mass is 16.5. The minimum Gasteiger partial charge on any atom is -0.382 e. The van der Waals surface area contributed by atoms with Gasteiger partial charge < -0.3 is 15.4 Å². The van der Waals surface area contributed by atoms with E-state index in [0.29, 0.717) is 30.0 Å². The van der Waals surface area contributed by atoms with E-state index in [-0.39, 0.29) is 5.91 Å². The average molecular weight is 382 g/mol. The van der Waals surface area contributed by atoms with Crippen LogP contribution in [0.25, 0.3) is 5.65 Å². The van der Waals surface area contributed by atoms with Gasteiger partial charge in [0.1, 0.15) is 5.82 Å². The minimum atomic E-state index is -0.0952. The van der Waals surface area contributed by atoms with Crippen LogP contribution in [0.3, 0.4) is 0 Å². The van der Waals surface area contributed by atoms with Gasteiger partial charge in [-0.1, -0.05) is 17.7 Å². The molecular formula is C20H26N6O2. The van der Waals surface area contributed by atoms with Crippen molar-refractivity contribution in [3.63, 3.8) is 0 Å². The Bertz CT molecular complexity index is 924. The summed E-state index contributed by atoms with van der Waals surface area (Å²) in [6, 6.07) is 11.3. The van der Waals surface area contributed by atoms with Crippen LogP contribution in [0.2, 0.25) is 0 Å². The van der Waals surface area contributed by atoms with E-state index in [9.17, 15) is 4.79 Å². The molecule has 2 aromatic heterocycles. The largest absolute Gasteiger partial charge is 0.382 e. The van der Waals surface area contributed by atoms with Gasteiger partial charge >= 0.3 is 0 Å². The van der Waals surface area contributed by atoms with Gasteiger partial charge in [0, 0.05) is 38.3 Å². The van der Waals surface area contributed by atoms with E-state index in [4.69, 9.17) is 4.74 Å². The first-order valence-corrected chi connectivity index (χ1v) is 9.55. The van der Waals surface area contributed by atoms with Crippen molar-refractivity contribution >= 4 is 17.4 Å². The van der Waals surface area contributed by atoms with Gasteiger partial charge in [0.25, 0.3) is 5.91 Å². The van der Waals surface area contributed by atoms with Crippen LogP contribution in [0.5, 0.6) is 0 Å². The highest BCUT2D eigenvalue weighted by molar-refractivity contribution is 5.94. The molecule has 0 atom stereocenters. The summed E-state index contributed by atoms with van der Waals surface area (Å²) in [6.07, 6.45) is 1.45. The van der Waals surface area contributed by atoms with Gasteiger partial charge in [-0.2, -0.15) is 4.52 Å². The van der Waals surface area contributed by atoms with Crippen molar-refractivity contribution in [2.75, 3.05) is 31.6 Å². The zero-order chi connectivity index (χ0) is 19.8. The van der Waals surface area contributed by atoms with E-state index in [1.54, 1.807) is 10.6 Å². The molecule has 8 heteroatoms. The van der Waals surface area contributed by atoms with Gasteiger partial charge in [-0.3, -0.25) is 4.79 Å². The van der Waals surface area contributed by atoms with Crippen molar-refractivity contribution < 1.29 is 9.53 Å². The Kier molecular flexibility index (Phi) is 6.91. The molecule has 3 aromatic rings. The summed E-state index contributed by atoms with van der Waals surface area (Å²) in [5.41, 5.74) is 2.39. The molecule has 1 aromatic carbocycles. The highest BCUT2D eigenvalue weighted by Crippen LogP contribution is 2.08. The maximum absolute atomic E-state index is 12.2. The average Bonchev–Trinajstić information content (AvgIpc) is 3.10. The van der Waals surface area contributed by atoms with Gasteiger partial charge in [-0.05, 0) is 44.5 Å². The molecule has 0 aliphatic rings. The van der Waals surface area contributed by atoms with Crippen molar-refractivity contribution in [1.82, 2.24) is 25.1 Å². The normalized spacial score (nSPS) is 10.9. The van der Waals surface area contributed by atoms with Gasteiger partial charge in [0.15, 0.2) is 11.5 Å². The second-order valence-corrected chi connectivity index (χ2v) is 6.46. The Hall–Kier alpha value is -3.00. The second-order valence-electron chi connectivity index (χ2n) is 6.46. The number of hydrogen-bond donors (Lipinski definition) is 2. The summed E-state index contributed by atoms with van der Waals surface area (Å²) >= 11 is 0. The van der Waals surface area contributed by atoms with Gasteiger partial charge in [-0.25, -0.2) is 0 Å². The molecule has 8 nitrogen and oxygen atoms in total. The number of nitrogens with zero attached hydrogens (tertiary/aromatic N) is 4. The third-order valence-electron chi connectivity index (χ3n) is 4.22. The Morgan fingerprint density at radius 1 is 1.18 bits per heavy atom. The van der Waals surface area contributed by atoms with Crippen molar-refractivity contribution in [2.45, 2.75) is 26.7 Å². The first kappa shape index (κ1) is 19.8. The van der Waals surface area contributed by atoms with Crippen LogP contribution < -0.4 is 10.6 Å². The Morgan fingerprint density at radius 3 is 2.89 bits per heavy atom. The standard InChI is InChI=1S/C20H26N6O2/c1-3-28-13-5-11-21-17-8-9-18-23-24-19(26(18)25-17)10-12-22-20(27)16-7-4-6-15(2)14-16/h4,6-9,14H,3,5,10-13H2,1-2H3,(H,21,25)(H,22,27). The van der Waals surface area contributed by atoms with E-state index in [0.717, 1.165) is 37.6 Å². The van der Waals surface area contributed by atoms with Crippen molar-refractivity contribution in [3.8, 4) is 0 Å². The van der Waals surface area contributed by atoms with Crippen molar-refractivity contribution in [2.24, 2.45) is 0 Å². The minimum absolute atomic E-state index is 0.0952. The number of nitrogens with one attached hydrogen (secondary N) is 2. The maximum Gasteiger partial charge on any atom is 0.251 e. The van der Waals surface area contributed by atoms with Crippen LogP contribution in [0, 0.1) is 6.92 Å². The lowest BCUT2D eigenvalue weighted by Crippen LogP contribution is -2.26. The zero-order valence-corrected chi connectivity index (χ0v) is 16.3.